The minimum atomic E-state index is -0.140. The lowest BCUT2D eigenvalue weighted by Crippen LogP contribution is -2.32. The lowest BCUT2D eigenvalue weighted by atomic mass is 10.1. The smallest absolute Gasteiger partial charge is 0.254 e. The molecule has 1 aliphatic heterocycles. The zero-order valence-corrected chi connectivity index (χ0v) is 19.5. The molecule has 2 aromatic carbocycles. The average Bonchev–Trinajstić information content (AvgIpc) is 3.40. The minimum Gasteiger partial charge on any atom is -0.328 e. The molecule has 9 heteroatoms. The van der Waals surface area contributed by atoms with Crippen molar-refractivity contribution in [2.24, 2.45) is 7.05 Å². The van der Waals surface area contributed by atoms with Crippen LogP contribution < -0.4 is 5.32 Å². The quantitative estimate of drug-likeness (QED) is 0.538. The number of benzene rings is 2. The number of anilines is 1. The maximum atomic E-state index is 13.2. The van der Waals surface area contributed by atoms with Gasteiger partial charge in [-0.1, -0.05) is 41.6 Å². The molecule has 1 N–H and O–H groups in total. The molecule has 1 unspecified atom stereocenters. The second-order valence-corrected chi connectivity index (χ2v) is 9.09. The Kier molecular flexibility index (Phi) is 6.81. The van der Waals surface area contributed by atoms with Crippen molar-refractivity contribution in [3.8, 4) is 0 Å². The van der Waals surface area contributed by atoms with Gasteiger partial charge in [-0.05, 0) is 55.7 Å². The normalized spacial score (nSPS) is 15.7. The van der Waals surface area contributed by atoms with Gasteiger partial charge < -0.3 is 14.8 Å². The summed E-state index contributed by atoms with van der Waals surface area (Å²) in [7, 11) is 1.88. The molecule has 1 fully saturated rings. The highest BCUT2D eigenvalue weighted by molar-refractivity contribution is 7.99. The van der Waals surface area contributed by atoms with Crippen LogP contribution in [0.2, 0.25) is 5.02 Å². The van der Waals surface area contributed by atoms with Crippen LogP contribution >= 0.6 is 23.4 Å². The molecular weight excluding hydrogens is 446 g/mol. The molecule has 2 heterocycles. The highest BCUT2D eigenvalue weighted by Gasteiger charge is 2.34. The van der Waals surface area contributed by atoms with Crippen LogP contribution in [-0.2, 0) is 11.8 Å². The molecule has 1 aromatic heterocycles. The summed E-state index contributed by atoms with van der Waals surface area (Å²) in [5.41, 5.74) is 2.37. The van der Waals surface area contributed by atoms with Gasteiger partial charge in [0.05, 0.1) is 11.8 Å². The maximum absolute atomic E-state index is 13.2. The summed E-state index contributed by atoms with van der Waals surface area (Å²) >= 11 is 7.19. The van der Waals surface area contributed by atoms with E-state index in [2.05, 4.69) is 15.5 Å². The van der Waals surface area contributed by atoms with Crippen molar-refractivity contribution in [3.05, 3.63) is 70.5 Å². The molecule has 7 nitrogen and oxygen atoms in total. The molecule has 166 valence electrons. The van der Waals surface area contributed by atoms with E-state index in [0.717, 1.165) is 29.8 Å². The van der Waals surface area contributed by atoms with Crippen molar-refractivity contribution in [3.63, 3.8) is 0 Å². The Morgan fingerprint density at radius 3 is 2.66 bits per heavy atom. The third-order valence-electron chi connectivity index (χ3n) is 5.52. The molecule has 1 saturated heterocycles. The van der Waals surface area contributed by atoms with Crippen LogP contribution in [-0.4, -0.2) is 43.8 Å². The Bertz CT molecular complexity index is 1130. The largest absolute Gasteiger partial charge is 0.328 e. The number of aryl methyl sites for hydroxylation is 1. The molecule has 4 rings (SSSR count). The highest BCUT2D eigenvalue weighted by Crippen LogP contribution is 2.33. The fourth-order valence-corrected chi connectivity index (χ4v) is 4.69. The maximum Gasteiger partial charge on any atom is 0.254 e. The summed E-state index contributed by atoms with van der Waals surface area (Å²) in [5, 5.41) is 12.7. The van der Waals surface area contributed by atoms with Crippen molar-refractivity contribution in [1.29, 1.82) is 0 Å². The van der Waals surface area contributed by atoms with Gasteiger partial charge in [0.25, 0.3) is 5.91 Å². The lowest BCUT2D eigenvalue weighted by Gasteiger charge is -2.24. The molecule has 1 aliphatic rings. The van der Waals surface area contributed by atoms with Crippen molar-refractivity contribution < 1.29 is 9.59 Å². The Morgan fingerprint density at radius 2 is 1.91 bits per heavy atom. The fourth-order valence-electron chi connectivity index (χ4n) is 3.85. The highest BCUT2D eigenvalue weighted by atomic mass is 35.5. The van der Waals surface area contributed by atoms with Crippen LogP contribution in [0.4, 0.5) is 5.69 Å². The number of carbonyl (C=O) groups is 2. The van der Waals surface area contributed by atoms with Gasteiger partial charge in [0.15, 0.2) is 11.0 Å². The standard InChI is InChI=1S/C23H24ClN5O2S/c1-15-6-3-4-7-18(15)22(31)29-13-5-8-19(29)21-26-27-23(28(21)2)32-14-20(30)25-17-11-9-16(24)10-12-17/h3-4,6-7,9-12,19H,5,8,13-14H2,1-2H3,(H,25,30). The Balaban J connectivity index is 1.42. The number of aromatic nitrogens is 3. The summed E-state index contributed by atoms with van der Waals surface area (Å²) < 4.78 is 1.88. The predicted molar refractivity (Wildman–Crippen MR) is 126 cm³/mol. The number of nitrogens with zero attached hydrogens (tertiary/aromatic N) is 4. The second kappa shape index (κ2) is 9.75. The number of thioether (sulfide) groups is 1. The molecule has 0 spiro atoms. The van der Waals surface area contributed by atoms with Crippen LogP contribution in [0.5, 0.6) is 0 Å². The van der Waals surface area contributed by atoms with E-state index >= 15 is 0 Å². The average molecular weight is 470 g/mol. The first-order valence-electron chi connectivity index (χ1n) is 10.4. The first-order valence-corrected chi connectivity index (χ1v) is 11.7. The number of rotatable bonds is 6. The third-order valence-corrected chi connectivity index (χ3v) is 6.79. The molecule has 0 radical (unpaired) electrons. The van der Waals surface area contributed by atoms with E-state index in [1.54, 1.807) is 24.3 Å². The number of amides is 2. The van der Waals surface area contributed by atoms with Gasteiger partial charge in [-0.25, -0.2) is 0 Å². The molecule has 0 bridgehead atoms. The van der Waals surface area contributed by atoms with Crippen LogP contribution in [0, 0.1) is 6.92 Å². The van der Waals surface area contributed by atoms with Crippen molar-refractivity contribution in [1.82, 2.24) is 19.7 Å². The minimum absolute atomic E-state index is 0.0187. The lowest BCUT2D eigenvalue weighted by molar-refractivity contribution is -0.113. The summed E-state index contributed by atoms with van der Waals surface area (Å²) in [4.78, 5) is 27.4. The van der Waals surface area contributed by atoms with E-state index in [4.69, 9.17) is 11.6 Å². The Hall–Kier alpha value is -2.84. The number of nitrogens with one attached hydrogen (secondary N) is 1. The van der Waals surface area contributed by atoms with Gasteiger partial charge in [0.1, 0.15) is 0 Å². The molecular formula is C23H24ClN5O2S. The van der Waals surface area contributed by atoms with Gasteiger partial charge in [0.2, 0.25) is 5.91 Å². The van der Waals surface area contributed by atoms with Crippen LogP contribution in [0.25, 0.3) is 0 Å². The molecule has 2 amide bonds. The number of hydrogen-bond donors (Lipinski definition) is 1. The second-order valence-electron chi connectivity index (χ2n) is 7.72. The molecule has 3 aromatic rings. The first-order chi connectivity index (χ1) is 15.4. The Labute approximate surface area is 196 Å². The summed E-state index contributed by atoms with van der Waals surface area (Å²) in [5.74, 6) is 0.819. The van der Waals surface area contributed by atoms with Gasteiger partial charge in [-0.2, -0.15) is 0 Å². The van der Waals surface area contributed by atoms with Crippen molar-refractivity contribution >= 4 is 40.9 Å². The van der Waals surface area contributed by atoms with Crippen LogP contribution in [0.3, 0.4) is 0 Å². The van der Waals surface area contributed by atoms with E-state index in [-0.39, 0.29) is 23.6 Å². The van der Waals surface area contributed by atoms with E-state index in [9.17, 15) is 9.59 Å². The number of carbonyl (C=O) groups excluding carboxylic acids is 2. The third kappa shape index (κ3) is 4.81. The predicted octanol–water partition coefficient (Wildman–Crippen LogP) is 4.49. The summed E-state index contributed by atoms with van der Waals surface area (Å²) in [6.45, 7) is 2.64. The van der Waals surface area contributed by atoms with E-state index in [0.29, 0.717) is 22.4 Å². The number of halogens is 1. The van der Waals surface area contributed by atoms with E-state index in [1.165, 1.54) is 11.8 Å². The van der Waals surface area contributed by atoms with Gasteiger partial charge >= 0.3 is 0 Å². The van der Waals surface area contributed by atoms with Crippen molar-refractivity contribution in [2.45, 2.75) is 31.0 Å². The van der Waals surface area contributed by atoms with Crippen molar-refractivity contribution in [2.75, 3.05) is 17.6 Å². The topological polar surface area (TPSA) is 80.1 Å². The molecule has 1 atom stereocenters. The number of likely N-dealkylation sites (tertiary alicyclic amines) is 1. The van der Waals surface area contributed by atoms with Gasteiger partial charge in [0, 0.05) is 29.9 Å². The zero-order valence-electron chi connectivity index (χ0n) is 17.9. The Morgan fingerprint density at radius 1 is 1.16 bits per heavy atom. The first kappa shape index (κ1) is 22.4. The van der Waals surface area contributed by atoms with Crippen LogP contribution in [0.15, 0.2) is 53.7 Å². The van der Waals surface area contributed by atoms with Crippen LogP contribution in [0.1, 0.15) is 40.6 Å². The van der Waals surface area contributed by atoms with Gasteiger partial charge in [-0.3, -0.25) is 9.59 Å². The monoisotopic (exact) mass is 469 g/mol. The van der Waals surface area contributed by atoms with E-state index < -0.39 is 0 Å². The fraction of sp³-hybridized carbons (Fsp3) is 0.304. The van der Waals surface area contributed by atoms with Gasteiger partial charge in [-0.15, -0.1) is 10.2 Å². The SMILES string of the molecule is Cc1ccccc1C(=O)N1CCCC1c1nnc(SCC(=O)Nc2ccc(Cl)cc2)n1C. The number of hydrogen-bond acceptors (Lipinski definition) is 5. The molecule has 32 heavy (non-hydrogen) atoms. The summed E-state index contributed by atoms with van der Waals surface area (Å²) in [6, 6.07) is 14.5. The molecule has 0 aliphatic carbocycles. The molecule has 0 saturated carbocycles. The van der Waals surface area contributed by atoms with E-state index in [1.807, 2.05) is 47.7 Å². The summed E-state index contributed by atoms with van der Waals surface area (Å²) in [6.07, 6.45) is 1.76. The zero-order chi connectivity index (χ0) is 22.7.